The summed E-state index contributed by atoms with van der Waals surface area (Å²) in [4.78, 5) is 41.6. The predicted molar refractivity (Wildman–Crippen MR) is 141 cm³/mol. The van der Waals surface area contributed by atoms with Gasteiger partial charge in [-0.1, -0.05) is 30.3 Å². The largest absolute Gasteiger partial charge is 0.463 e. The van der Waals surface area contributed by atoms with E-state index >= 15 is 0 Å². The monoisotopic (exact) mass is 509 g/mol. The van der Waals surface area contributed by atoms with Gasteiger partial charge in [-0.3, -0.25) is 4.90 Å². The molecule has 1 fully saturated rings. The topological polar surface area (TPSA) is 82.1 Å². The number of rotatable bonds is 6. The molecule has 0 saturated carbocycles. The fourth-order valence-corrected chi connectivity index (χ4v) is 4.50. The molecule has 0 bridgehead atoms. The van der Waals surface area contributed by atoms with Crippen LogP contribution in [0.5, 0.6) is 0 Å². The van der Waals surface area contributed by atoms with Crippen LogP contribution in [0.4, 0.5) is 0 Å². The summed E-state index contributed by atoms with van der Waals surface area (Å²) in [6.07, 6.45) is 2.02. The van der Waals surface area contributed by atoms with Gasteiger partial charge >= 0.3 is 17.9 Å². The molecule has 200 valence electrons. The maximum atomic E-state index is 13.6. The number of ether oxygens (including phenoxy) is 3. The van der Waals surface area contributed by atoms with Crippen LogP contribution in [0.1, 0.15) is 66.9 Å². The lowest BCUT2D eigenvalue weighted by Gasteiger charge is -2.22. The van der Waals surface area contributed by atoms with Crippen LogP contribution in [-0.2, 0) is 35.1 Å². The second kappa shape index (κ2) is 11.5. The minimum atomic E-state index is -0.730. The summed E-state index contributed by atoms with van der Waals surface area (Å²) in [7, 11) is 0. The first kappa shape index (κ1) is 28.4. The van der Waals surface area contributed by atoms with E-state index in [-0.39, 0.29) is 6.61 Å². The zero-order valence-electron chi connectivity index (χ0n) is 23.1. The molecule has 0 spiro atoms. The van der Waals surface area contributed by atoms with Crippen LogP contribution in [0.15, 0.2) is 64.3 Å². The Bertz CT molecular complexity index is 1130. The molecule has 37 heavy (non-hydrogen) atoms. The van der Waals surface area contributed by atoms with Gasteiger partial charge in [0, 0.05) is 31.3 Å². The van der Waals surface area contributed by atoms with Gasteiger partial charge in [-0.2, -0.15) is 0 Å². The first-order valence-electron chi connectivity index (χ1n) is 12.8. The Labute approximate surface area is 220 Å². The normalized spacial score (nSPS) is 18.0. The highest BCUT2D eigenvalue weighted by Gasteiger charge is 2.38. The Kier molecular flexibility index (Phi) is 8.80. The van der Waals surface area contributed by atoms with E-state index in [1.54, 1.807) is 27.7 Å². The van der Waals surface area contributed by atoms with E-state index in [1.165, 1.54) is 6.08 Å². The Morgan fingerprint density at radius 2 is 1.46 bits per heavy atom. The second-order valence-electron chi connectivity index (χ2n) is 11.4. The van der Waals surface area contributed by atoms with Crippen LogP contribution in [0.25, 0.3) is 0 Å². The van der Waals surface area contributed by atoms with Crippen LogP contribution in [0.2, 0.25) is 0 Å². The fourth-order valence-electron chi connectivity index (χ4n) is 4.50. The molecule has 2 aliphatic rings. The molecule has 1 aromatic rings. The average molecular weight is 510 g/mol. The molecule has 0 amide bonds. The molecule has 3 rings (SSSR count). The summed E-state index contributed by atoms with van der Waals surface area (Å²) in [5.74, 6) is -1.44. The van der Waals surface area contributed by atoms with E-state index in [0.717, 1.165) is 11.1 Å². The maximum absolute atomic E-state index is 13.6. The Hall–Kier alpha value is -3.19. The molecule has 0 atom stereocenters. The summed E-state index contributed by atoms with van der Waals surface area (Å²) >= 11 is 0. The Morgan fingerprint density at radius 3 is 2.05 bits per heavy atom. The van der Waals surface area contributed by atoms with Crippen LogP contribution in [0, 0.1) is 0 Å². The van der Waals surface area contributed by atoms with Gasteiger partial charge in [0.05, 0.1) is 12.2 Å². The minimum absolute atomic E-state index is 0.221. The maximum Gasteiger partial charge on any atom is 0.339 e. The van der Waals surface area contributed by atoms with Crippen molar-refractivity contribution in [1.82, 2.24) is 4.90 Å². The molecule has 1 aromatic carbocycles. The second-order valence-corrected chi connectivity index (χ2v) is 11.4. The molecule has 7 heteroatoms. The number of hydrogen-bond donors (Lipinski definition) is 0. The first-order valence-corrected chi connectivity index (χ1v) is 12.8. The lowest BCUT2D eigenvalue weighted by Crippen LogP contribution is -2.27. The third kappa shape index (κ3) is 7.89. The molecular formula is C30H39NO6. The van der Waals surface area contributed by atoms with Gasteiger partial charge in [0.2, 0.25) is 0 Å². The van der Waals surface area contributed by atoms with E-state index in [4.69, 9.17) is 14.2 Å². The zero-order chi connectivity index (χ0) is 27.4. The number of esters is 3. The smallest absolute Gasteiger partial charge is 0.339 e. The van der Waals surface area contributed by atoms with Crippen molar-refractivity contribution in [2.45, 2.75) is 79.1 Å². The van der Waals surface area contributed by atoms with Crippen LogP contribution in [-0.4, -0.2) is 53.7 Å². The van der Waals surface area contributed by atoms with Crippen molar-refractivity contribution in [2.75, 3.05) is 19.7 Å². The average Bonchev–Trinajstić information content (AvgIpc) is 3.08. The van der Waals surface area contributed by atoms with Gasteiger partial charge in [0.15, 0.2) is 0 Å². The molecule has 1 aliphatic carbocycles. The number of likely N-dealkylation sites (tertiary alicyclic amines) is 1. The van der Waals surface area contributed by atoms with Crippen molar-refractivity contribution in [3.63, 3.8) is 0 Å². The van der Waals surface area contributed by atoms with E-state index in [1.807, 2.05) is 51.1 Å². The van der Waals surface area contributed by atoms with Crippen LogP contribution < -0.4 is 0 Å². The number of carbonyl (C=O) groups excluding carboxylic acids is 3. The van der Waals surface area contributed by atoms with Gasteiger partial charge in [-0.25, -0.2) is 14.4 Å². The van der Waals surface area contributed by atoms with E-state index in [0.29, 0.717) is 54.8 Å². The molecule has 1 aliphatic heterocycles. The van der Waals surface area contributed by atoms with Crippen molar-refractivity contribution in [3.8, 4) is 0 Å². The molecule has 1 heterocycles. The number of fused-ring (bicyclic) bond motifs is 1. The molecular weight excluding hydrogens is 470 g/mol. The van der Waals surface area contributed by atoms with Gasteiger partial charge < -0.3 is 14.2 Å². The third-order valence-corrected chi connectivity index (χ3v) is 5.84. The van der Waals surface area contributed by atoms with E-state index in [9.17, 15) is 14.4 Å². The Morgan fingerprint density at radius 1 is 0.865 bits per heavy atom. The molecule has 7 nitrogen and oxygen atoms in total. The summed E-state index contributed by atoms with van der Waals surface area (Å²) in [5, 5.41) is 0. The number of benzene rings is 1. The number of carbonyl (C=O) groups is 3. The van der Waals surface area contributed by atoms with E-state index in [2.05, 4.69) is 4.90 Å². The highest BCUT2D eigenvalue weighted by Crippen LogP contribution is 2.39. The van der Waals surface area contributed by atoms with Crippen molar-refractivity contribution in [3.05, 3.63) is 69.8 Å². The third-order valence-electron chi connectivity index (χ3n) is 5.84. The SMILES string of the molecule is CCOC(=O)/C=C1\CCC(C(=O)OC(C)(C)C)=C2CN(Cc3ccccc3)CC2=C1C(=O)OC(C)(C)C. The summed E-state index contributed by atoms with van der Waals surface area (Å²) in [5.41, 5.74) is 2.60. The molecule has 0 N–H and O–H groups in total. The lowest BCUT2D eigenvalue weighted by atomic mass is 9.96. The van der Waals surface area contributed by atoms with Crippen molar-refractivity contribution >= 4 is 17.9 Å². The van der Waals surface area contributed by atoms with Gasteiger partial charge in [0.1, 0.15) is 11.2 Å². The summed E-state index contributed by atoms with van der Waals surface area (Å²) < 4.78 is 16.7. The van der Waals surface area contributed by atoms with Crippen molar-refractivity contribution < 1.29 is 28.6 Å². The van der Waals surface area contributed by atoms with Gasteiger partial charge in [0.25, 0.3) is 0 Å². The van der Waals surface area contributed by atoms with Crippen LogP contribution in [0.3, 0.4) is 0 Å². The van der Waals surface area contributed by atoms with Crippen molar-refractivity contribution in [2.24, 2.45) is 0 Å². The fraction of sp³-hybridized carbons (Fsp3) is 0.500. The number of nitrogens with zero attached hydrogens (tertiary/aromatic N) is 1. The lowest BCUT2D eigenvalue weighted by molar-refractivity contribution is -0.151. The summed E-state index contributed by atoms with van der Waals surface area (Å²) in [6, 6.07) is 10.0. The quantitative estimate of drug-likeness (QED) is 0.301. The zero-order valence-corrected chi connectivity index (χ0v) is 23.1. The Balaban J connectivity index is 2.16. The highest BCUT2D eigenvalue weighted by atomic mass is 16.6. The highest BCUT2D eigenvalue weighted by molar-refractivity contribution is 6.00. The number of hydrogen-bond acceptors (Lipinski definition) is 7. The van der Waals surface area contributed by atoms with Crippen LogP contribution >= 0.6 is 0 Å². The van der Waals surface area contributed by atoms with Crippen molar-refractivity contribution in [1.29, 1.82) is 0 Å². The molecule has 0 unspecified atom stereocenters. The standard InChI is InChI=1S/C30H39NO6/c1-8-35-25(32)16-21-14-15-22(27(33)36-29(2,3)4)23-18-31(17-20-12-10-9-11-13-20)19-24(23)26(21)28(34)37-30(5,6)7/h9-13,16H,8,14-15,17-19H2,1-7H3/b21-16+. The minimum Gasteiger partial charge on any atom is -0.463 e. The van der Waals surface area contributed by atoms with Gasteiger partial charge in [-0.15, -0.1) is 0 Å². The molecule has 0 aromatic heterocycles. The molecule has 0 radical (unpaired) electrons. The first-order chi connectivity index (χ1) is 17.3. The van der Waals surface area contributed by atoms with E-state index < -0.39 is 29.1 Å². The van der Waals surface area contributed by atoms with Gasteiger partial charge in [-0.05, 0) is 83.6 Å². The molecule has 1 saturated heterocycles. The predicted octanol–water partition coefficient (Wildman–Crippen LogP) is 5.06. The summed E-state index contributed by atoms with van der Waals surface area (Å²) in [6.45, 7) is 14.4.